The van der Waals surface area contributed by atoms with Gasteiger partial charge in [-0.15, -0.1) is 11.3 Å². The lowest BCUT2D eigenvalue weighted by atomic mass is 10.2. The zero-order valence-corrected chi connectivity index (χ0v) is 15.1. The molecule has 2 fully saturated rings. The number of amides is 1. The number of halogens is 2. The topological polar surface area (TPSA) is 48.5 Å². The molecule has 3 heterocycles. The number of benzene rings is 1. The van der Waals surface area contributed by atoms with Crippen LogP contribution < -0.4 is 5.32 Å². The standard InChI is InChI=1S/C18H20F2N4OS/c19-13-2-1-3-14(20)16(13)17-22-15(11-26-17)18(25)24-7-4-12(10-24)23-8-5-21-6-9-23/h1-3,11-12,21H,4-10H2. The average molecular weight is 378 g/mol. The van der Waals surface area contributed by atoms with Gasteiger partial charge in [-0.3, -0.25) is 9.69 Å². The van der Waals surface area contributed by atoms with Crippen molar-refractivity contribution in [3.8, 4) is 10.6 Å². The number of rotatable bonds is 3. The van der Waals surface area contributed by atoms with Crippen molar-refractivity contribution in [2.24, 2.45) is 0 Å². The Hall–Kier alpha value is -1.90. The van der Waals surface area contributed by atoms with Crippen molar-refractivity contribution in [3.05, 3.63) is 40.9 Å². The summed E-state index contributed by atoms with van der Waals surface area (Å²) in [6.45, 7) is 5.33. The number of thiazole rings is 1. The molecule has 0 saturated carbocycles. The van der Waals surface area contributed by atoms with Crippen LogP contribution >= 0.6 is 11.3 Å². The van der Waals surface area contributed by atoms with E-state index in [1.807, 2.05) is 0 Å². The summed E-state index contributed by atoms with van der Waals surface area (Å²) < 4.78 is 27.9. The van der Waals surface area contributed by atoms with Crippen LogP contribution in [-0.4, -0.2) is 66.0 Å². The smallest absolute Gasteiger partial charge is 0.273 e. The van der Waals surface area contributed by atoms with Gasteiger partial charge in [0.1, 0.15) is 22.3 Å². The van der Waals surface area contributed by atoms with Crippen molar-refractivity contribution in [2.45, 2.75) is 12.5 Å². The third-order valence-corrected chi connectivity index (χ3v) is 5.88. The van der Waals surface area contributed by atoms with Gasteiger partial charge in [-0.05, 0) is 18.6 Å². The fourth-order valence-electron chi connectivity index (χ4n) is 3.62. The lowest BCUT2D eigenvalue weighted by Crippen LogP contribution is -2.49. The molecular formula is C18H20F2N4OS. The molecular weight excluding hydrogens is 358 g/mol. The van der Waals surface area contributed by atoms with Gasteiger partial charge >= 0.3 is 0 Å². The maximum Gasteiger partial charge on any atom is 0.273 e. The number of hydrogen-bond acceptors (Lipinski definition) is 5. The molecule has 1 aromatic carbocycles. The van der Waals surface area contributed by atoms with Crippen LogP contribution in [0.25, 0.3) is 10.6 Å². The number of piperazine rings is 1. The molecule has 2 aliphatic rings. The third kappa shape index (κ3) is 3.36. The lowest BCUT2D eigenvalue weighted by Gasteiger charge is -2.32. The fraction of sp³-hybridized carbons (Fsp3) is 0.444. The lowest BCUT2D eigenvalue weighted by molar-refractivity contribution is 0.0768. The molecule has 2 saturated heterocycles. The van der Waals surface area contributed by atoms with Crippen LogP contribution in [0.1, 0.15) is 16.9 Å². The van der Waals surface area contributed by atoms with Crippen molar-refractivity contribution in [2.75, 3.05) is 39.3 Å². The summed E-state index contributed by atoms with van der Waals surface area (Å²) in [5, 5.41) is 5.11. The van der Waals surface area contributed by atoms with Crippen molar-refractivity contribution in [1.82, 2.24) is 20.1 Å². The Morgan fingerprint density at radius 3 is 2.65 bits per heavy atom. The van der Waals surface area contributed by atoms with Gasteiger partial charge in [0, 0.05) is 50.7 Å². The first kappa shape index (κ1) is 17.5. The van der Waals surface area contributed by atoms with Crippen LogP contribution in [-0.2, 0) is 0 Å². The Kier molecular flexibility index (Phi) is 4.97. The summed E-state index contributed by atoms with van der Waals surface area (Å²) in [6, 6.07) is 4.08. The molecule has 26 heavy (non-hydrogen) atoms. The van der Waals surface area contributed by atoms with Gasteiger partial charge in [-0.25, -0.2) is 13.8 Å². The molecule has 8 heteroatoms. The molecule has 1 unspecified atom stereocenters. The van der Waals surface area contributed by atoms with Crippen molar-refractivity contribution in [3.63, 3.8) is 0 Å². The predicted octanol–water partition coefficient (Wildman–Crippen LogP) is 2.21. The Bertz CT molecular complexity index is 786. The Labute approximate surface area is 154 Å². The zero-order valence-electron chi connectivity index (χ0n) is 14.3. The Morgan fingerprint density at radius 1 is 1.19 bits per heavy atom. The van der Waals surface area contributed by atoms with Gasteiger partial charge < -0.3 is 10.2 Å². The highest BCUT2D eigenvalue weighted by atomic mass is 32.1. The second-order valence-corrected chi connectivity index (χ2v) is 7.47. The highest BCUT2D eigenvalue weighted by molar-refractivity contribution is 7.13. The first-order valence-corrected chi connectivity index (χ1v) is 9.65. The van der Waals surface area contributed by atoms with Crippen LogP contribution in [0.2, 0.25) is 0 Å². The van der Waals surface area contributed by atoms with E-state index in [4.69, 9.17) is 0 Å². The maximum atomic E-state index is 13.9. The van der Waals surface area contributed by atoms with E-state index < -0.39 is 11.6 Å². The summed E-state index contributed by atoms with van der Waals surface area (Å²) in [4.78, 5) is 21.2. The number of aromatic nitrogens is 1. The number of carbonyl (C=O) groups is 1. The van der Waals surface area contributed by atoms with Crippen LogP contribution in [0.3, 0.4) is 0 Å². The van der Waals surface area contributed by atoms with Crippen molar-refractivity contribution in [1.29, 1.82) is 0 Å². The summed E-state index contributed by atoms with van der Waals surface area (Å²) in [5.74, 6) is -1.50. The molecule has 138 valence electrons. The SMILES string of the molecule is O=C(c1csc(-c2c(F)cccc2F)n1)N1CCC(N2CCNCC2)C1. The molecule has 0 bridgehead atoms. The Balaban J connectivity index is 1.47. The zero-order chi connectivity index (χ0) is 18.1. The van der Waals surface area contributed by atoms with Crippen LogP contribution in [0.15, 0.2) is 23.6 Å². The molecule has 4 rings (SSSR count). The minimum atomic E-state index is -0.668. The molecule has 1 amide bonds. The molecule has 2 aromatic rings. The minimum absolute atomic E-state index is 0.165. The van der Waals surface area contributed by atoms with E-state index in [0.717, 1.165) is 43.9 Å². The van der Waals surface area contributed by atoms with E-state index in [1.54, 1.807) is 10.3 Å². The van der Waals surface area contributed by atoms with Gasteiger partial charge in [0.05, 0.1) is 5.56 Å². The molecule has 1 N–H and O–H groups in total. The molecule has 0 spiro atoms. The molecule has 2 aliphatic heterocycles. The summed E-state index contributed by atoms with van der Waals surface area (Å²) in [6.07, 6.45) is 0.949. The number of likely N-dealkylation sites (tertiary alicyclic amines) is 1. The van der Waals surface area contributed by atoms with E-state index in [9.17, 15) is 13.6 Å². The summed E-state index contributed by atoms with van der Waals surface area (Å²) >= 11 is 1.09. The third-order valence-electron chi connectivity index (χ3n) is 5.02. The van der Waals surface area contributed by atoms with Gasteiger partial charge in [-0.1, -0.05) is 6.07 Å². The van der Waals surface area contributed by atoms with E-state index in [2.05, 4.69) is 15.2 Å². The second-order valence-electron chi connectivity index (χ2n) is 6.61. The molecule has 0 aliphatic carbocycles. The van der Waals surface area contributed by atoms with E-state index in [0.29, 0.717) is 19.1 Å². The van der Waals surface area contributed by atoms with E-state index in [-0.39, 0.29) is 22.2 Å². The summed E-state index contributed by atoms with van der Waals surface area (Å²) in [7, 11) is 0. The normalized spacial score (nSPS) is 21.3. The highest BCUT2D eigenvalue weighted by Crippen LogP contribution is 2.29. The number of carbonyl (C=O) groups excluding carboxylic acids is 1. The quantitative estimate of drug-likeness (QED) is 0.890. The van der Waals surface area contributed by atoms with Crippen LogP contribution in [0.4, 0.5) is 8.78 Å². The van der Waals surface area contributed by atoms with Gasteiger partial charge in [0.25, 0.3) is 5.91 Å². The highest BCUT2D eigenvalue weighted by Gasteiger charge is 2.32. The van der Waals surface area contributed by atoms with Crippen LogP contribution in [0.5, 0.6) is 0 Å². The first-order chi connectivity index (χ1) is 12.6. The van der Waals surface area contributed by atoms with Crippen molar-refractivity contribution < 1.29 is 13.6 Å². The van der Waals surface area contributed by atoms with E-state index in [1.165, 1.54) is 18.2 Å². The van der Waals surface area contributed by atoms with Gasteiger partial charge in [-0.2, -0.15) is 0 Å². The largest absolute Gasteiger partial charge is 0.336 e. The molecule has 5 nitrogen and oxygen atoms in total. The first-order valence-electron chi connectivity index (χ1n) is 8.77. The number of nitrogens with one attached hydrogen (secondary N) is 1. The second kappa shape index (κ2) is 7.38. The molecule has 0 radical (unpaired) electrons. The monoisotopic (exact) mass is 378 g/mol. The van der Waals surface area contributed by atoms with Crippen LogP contribution in [0, 0.1) is 11.6 Å². The molecule has 1 atom stereocenters. The average Bonchev–Trinajstić information content (AvgIpc) is 3.32. The Morgan fingerprint density at radius 2 is 1.92 bits per heavy atom. The fourth-order valence-corrected chi connectivity index (χ4v) is 4.46. The predicted molar refractivity (Wildman–Crippen MR) is 96.2 cm³/mol. The summed E-state index contributed by atoms with van der Waals surface area (Å²) in [5.41, 5.74) is 0.0882. The number of hydrogen-bond donors (Lipinski definition) is 1. The number of nitrogens with zero attached hydrogens (tertiary/aromatic N) is 3. The van der Waals surface area contributed by atoms with Gasteiger partial charge in [0.15, 0.2) is 0 Å². The molecule has 1 aromatic heterocycles. The van der Waals surface area contributed by atoms with E-state index >= 15 is 0 Å². The maximum absolute atomic E-state index is 13.9. The minimum Gasteiger partial charge on any atom is -0.336 e. The van der Waals surface area contributed by atoms with Crippen molar-refractivity contribution >= 4 is 17.2 Å². The van der Waals surface area contributed by atoms with Gasteiger partial charge in [0.2, 0.25) is 0 Å².